The smallest absolute Gasteiger partial charge is 0.303 e. The third kappa shape index (κ3) is 3.26. The maximum absolute atomic E-state index is 13.1. The minimum Gasteiger partial charge on any atom is -0.303 e. The molecule has 0 atom stereocenters. The Balaban J connectivity index is 2.13. The summed E-state index contributed by atoms with van der Waals surface area (Å²) in [5.41, 5.74) is -0.635. The number of hydrogen-bond acceptors (Lipinski definition) is 4. The summed E-state index contributed by atoms with van der Waals surface area (Å²) in [5.74, 6) is -0.763. The lowest BCUT2D eigenvalue weighted by atomic mass is 9.86. The van der Waals surface area contributed by atoms with Gasteiger partial charge in [-0.15, -0.1) is 0 Å². The zero-order valence-corrected chi connectivity index (χ0v) is 17.7. The van der Waals surface area contributed by atoms with Crippen LogP contribution in [-0.4, -0.2) is 18.3 Å². The summed E-state index contributed by atoms with van der Waals surface area (Å²) in [6.07, 6.45) is 2.93. The summed E-state index contributed by atoms with van der Waals surface area (Å²) in [5, 5.41) is 1.97. The fourth-order valence-electron chi connectivity index (χ4n) is 3.98. The first-order valence-electron chi connectivity index (χ1n) is 9.72. The van der Waals surface area contributed by atoms with Crippen LogP contribution in [0.15, 0.2) is 74.0 Å². The van der Waals surface area contributed by atoms with Crippen molar-refractivity contribution < 1.29 is 0 Å². The average molecular weight is 418 g/mol. The summed E-state index contributed by atoms with van der Waals surface area (Å²) in [6, 6.07) is 13.5. The highest BCUT2D eigenvalue weighted by Gasteiger charge is 2.26. The molecule has 0 unspecified atom stereocenters. The number of fused-ring (bicyclic) bond motifs is 1. The maximum atomic E-state index is 13.1. The van der Waals surface area contributed by atoms with Crippen molar-refractivity contribution in [2.24, 2.45) is 28.2 Å². The Kier molecular flexibility index (Phi) is 4.85. The van der Waals surface area contributed by atoms with Crippen LogP contribution in [0.2, 0.25) is 0 Å². The lowest BCUT2D eigenvalue weighted by Crippen LogP contribution is -2.42. The third-order valence-electron chi connectivity index (χ3n) is 5.67. The predicted octanol–water partition coefficient (Wildman–Crippen LogP) is 0.815. The van der Waals surface area contributed by atoms with E-state index in [2.05, 4.69) is 0 Å². The molecular weight excluding hydrogens is 396 g/mol. The Morgan fingerprint density at radius 3 is 1.65 bits per heavy atom. The van der Waals surface area contributed by atoms with Gasteiger partial charge in [0.15, 0.2) is 0 Å². The Bertz CT molecular complexity index is 1490. The zero-order valence-electron chi connectivity index (χ0n) is 17.7. The number of nitrogens with zero attached hydrogens (tertiary/aromatic N) is 4. The van der Waals surface area contributed by atoms with Gasteiger partial charge in [-0.1, -0.05) is 42.5 Å². The Morgan fingerprint density at radius 1 is 0.645 bits per heavy atom. The van der Waals surface area contributed by atoms with Crippen molar-refractivity contribution >= 4 is 10.8 Å². The molecule has 158 valence electrons. The summed E-state index contributed by atoms with van der Waals surface area (Å²) in [7, 11) is 5.93. The van der Waals surface area contributed by atoms with E-state index >= 15 is 0 Å². The van der Waals surface area contributed by atoms with Crippen LogP contribution in [-0.2, 0) is 28.2 Å². The van der Waals surface area contributed by atoms with Gasteiger partial charge in [0.25, 0.3) is 11.1 Å². The van der Waals surface area contributed by atoms with Crippen molar-refractivity contribution in [3.63, 3.8) is 0 Å². The molecule has 0 fully saturated rings. The molecule has 0 aliphatic carbocycles. The normalized spacial score (nSPS) is 11.4. The minimum atomic E-state index is -0.763. The molecule has 2 aromatic carbocycles. The van der Waals surface area contributed by atoms with Gasteiger partial charge in [0, 0.05) is 57.6 Å². The van der Waals surface area contributed by atoms with Crippen molar-refractivity contribution in [2.75, 3.05) is 0 Å². The monoisotopic (exact) mass is 418 g/mol. The van der Waals surface area contributed by atoms with E-state index in [1.807, 2.05) is 42.5 Å². The SMILES string of the molecule is Cn1cc(C(c2ccc3ccccc3c2)c2cn(C)c(=O)n(C)c2=O)c(=O)n(C)c1=O. The molecule has 31 heavy (non-hydrogen) atoms. The topological polar surface area (TPSA) is 88.0 Å². The summed E-state index contributed by atoms with van der Waals surface area (Å²) >= 11 is 0. The van der Waals surface area contributed by atoms with Gasteiger partial charge >= 0.3 is 11.4 Å². The van der Waals surface area contributed by atoms with Crippen molar-refractivity contribution in [1.82, 2.24) is 18.3 Å². The van der Waals surface area contributed by atoms with Crippen LogP contribution in [0.5, 0.6) is 0 Å². The molecule has 0 saturated heterocycles. The van der Waals surface area contributed by atoms with Crippen LogP contribution in [0, 0.1) is 0 Å². The van der Waals surface area contributed by atoms with Crippen molar-refractivity contribution in [1.29, 1.82) is 0 Å². The molecule has 0 aliphatic rings. The van der Waals surface area contributed by atoms with Gasteiger partial charge in [-0.2, -0.15) is 0 Å². The molecule has 0 amide bonds. The van der Waals surface area contributed by atoms with Crippen LogP contribution in [0.4, 0.5) is 0 Å². The molecule has 4 rings (SSSR count). The highest BCUT2D eigenvalue weighted by molar-refractivity contribution is 5.83. The fraction of sp³-hybridized carbons (Fsp3) is 0.217. The average Bonchev–Trinajstić information content (AvgIpc) is 2.77. The van der Waals surface area contributed by atoms with E-state index in [0.717, 1.165) is 19.9 Å². The first kappa shape index (κ1) is 20.3. The molecule has 2 heterocycles. The van der Waals surface area contributed by atoms with Crippen LogP contribution in [0.3, 0.4) is 0 Å². The fourth-order valence-corrected chi connectivity index (χ4v) is 3.98. The Hall–Kier alpha value is -3.94. The van der Waals surface area contributed by atoms with E-state index in [9.17, 15) is 19.2 Å². The second-order valence-electron chi connectivity index (χ2n) is 7.72. The standard InChI is InChI=1S/C23H22N4O4/c1-24-12-17(20(28)26(3)22(24)30)19(18-13-25(2)23(31)27(4)21(18)29)16-10-9-14-7-5-6-8-15(14)11-16/h5-13,19H,1-4H3. The lowest BCUT2D eigenvalue weighted by Gasteiger charge is -2.20. The van der Waals surface area contributed by atoms with E-state index in [0.29, 0.717) is 5.56 Å². The molecular formula is C23H22N4O4. The highest BCUT2D eigenvalue weighted by atomic mass is 16.2. The number of hydrogen-bond donors (Lipinski definition) is 0. The Morgan fingerprint density at radius 2 is 1.13 bits per heavy atom. The van der Waals surface area contributed by atoms with Gasteiger partial charge in [-0.3, -0.25) is 18.7 Å². The molecule has 0 aliphatic heterocycles. The molecule has 8 nitrogen and oxygen atoms in total. The van der Waals surface area contributed by atoms with Crippen LogP contribution in [0.25, 0.3) is 10.8 Å². The van der Waals surface area contributed by atoms with Crippen LogP contribution < -0.4 is 22.5 Å². The highest BCUT2D eigenvalue weighted by Crippen LogP contribution is 2.30. The molecule has 0 N–H and O–H groups in total. The van der Waals surface area contributed by atoms with E-state index in [1.54, 1.807) is 14.1 Å². The molecule has 0 bridgehead atoms. The zero-order chi connectivity index (χ0) is 22.4. The second kappa shape index (κ2) is 7.39. The summed E-state index contributed by atoms with van der Waals surface area (Å²) in [6.45, 7) is 0. The lowest BCUT2D eigenvalue weighted by molar-refractivity contribution is 0.643. The first-order valence-corrected chi connectivity index (χ1v) is 9.72. The Labute approximate surface area is 176 Å². The molecule has 0 radical (unpaired) electrons. The van der Waals surface area contributed by atoms with Crippen molar-refractivity contribution in [3.05, 3.63) is 113 Å². The molecule has 0 saturated carbocycles. The van der Waals surface area contributed by atoms with Crippen molar-refractivity contribution in [2.45, 2.75) is 5.92 Å². The number of aryl methyl sites for hydroxylation is 2. The van der Waals surface area contributed by atoms with E-state index in [1.165, 1.54) is 35.6 Å². The van der Waals surface area contributed by atoms with Gasteiger partial charge in [0.05, 0.1) is 0 Å². The number of aromatic nitrogens is 4. The molecule has 8 heteroatoms. The second-order valence-corrected chi connectivity index (χ2v) is 7.72. The van der Waals surface area contributed by atoms with Crippen molar-refractivity contribution in [3.8, 4) is 0 Å². The third-order valence-corrected chi connectivity index (χ3v) is 5.67. The molecule has 4 aromatic rings. The van der Waals surface area contributed by atoms with Crippen LogP contribution >= 0.6 is 0 Å². The van der Waals surface area contributed by atoms with Gasteiger partial charge in [-0.25, -0.2) is 9.59 Å². The largest absolute Gasteiger partial charge is 0.330 e. The van der Waals surface area contributed by atoms with E-state index < -0.39 is 28.4 Å². The minimum absolute atomic E-state index is 0.274. The van der Waals surface area contributed by atoms with Gasteiger partial charge < -0.3 is 9.13 Å². The van der Waals surface area contributed by atoms with E-state index in [-0.39, 0.29) is 11.1 Å². The van der Waals surface area contributed by atoms with Gasteiger partial charge in [-0.05, 0) is 16.3 Å². The summed E-state index contributed by atoms with van der Waals surface area (Å²) in [4.78, 5) is 50.7. The van der Waals surface area contributed by atoms with Gasteiger partial charge in [0.1, 0.15) is 0 Å². The number of rotatable bonds is 3. The summed E-state index contributed by atoms with van der Waals surface area (Å²) < 4.78 is 4.68. The predicted molar refractivity (Wildman–Crippen MR) is 119 cm³/mol. The maximum Gasteiger partial charge on any atom is 0.330 e. The van der Waals surface area contributed by atoms with Gasteiger partial charge in [0.2, 0.25) is 0 Å². The first-order chi connectivity index (χ1) is 14.7. The molecule has 0 spiro atoms. The molecule has 2 aromatic heterocycles. The number of benzene rings is 2. The van der Waals surface area contributed by atoms with E-state index in [4.69, 9.17) is 0 Å². The quantitative estimate of drug-likeness (QED) is 0.493. The van der Waals surface area contributed by atoms with Crippen LogP contribution in [0.1, 0.15) is 22.6 Å².